The first-order chi connectivity index (χ1) is 15.7. The van der Waals surface area contributed by atoms with Gasteiger partial charge in [0, 0.05) is 12.1 Å². The molecule has 6 heteroatoms. The number of ketones is 1. The van der Waals surface area contributed by atoms with Crippen molar-refractivity contribution in [2.75, 3.05) is 33.8 Å². The summed E-state index contributed by atoms with van der Waals surface area (Å²) in [6.45, 7) is 7.85. The van der Waals surface area contributed by atoms with Crippen LogP contribution in [0.1, 0.15) is 43.0 Å². The Balaban J connectivity index is 2.05. The second-order valence-corrected chi connectivity index (χ2v) is 9.30. The average Bonchev–Trinajstić information content (AvgIpc) is 3.02. The lowest BCUT2D eigenvalue weighted by molar-refractivity contribution is -0.139. The van der Waals surface area contributed by atoms with Crippen molar-refractivity contribution in [3.63, 3.8) is 0 Å². The summed E-state index contributed by atoms with van der Waals surface area (Å²) < 4.78 is 5.79. The minimum atomic E-state index is -0.655. The number of Topliss-reactive ketones (excluding diaryl/α,β-unsaturated/α-hetero) is 1. The van der Waals surface area contributed by atoms with E-state index in [0.717, 1.165) is 24.1 Å². The third-order valence-corrected chi connectivity index (χ3v) is 5.59. The van der Waals surface area contributed by atoms with Crippen LogP contribution in [-0.2, 0) is 9.59 Å². The predicted molar refractivity (Wildman–Crippen MR) is 130 cm³/mol. The van der Waals surface area contributed by atoms with Gasteiger partial charge in [-0.25, -0.2) is 0 Å². The van der Waals surface area contributed by atoms with E-state index in [4.69, 9.17) is 4.74 Å². The molecule has 2 aromatic rings. The molecule has 1 fully saturated rings. The van der Waals surface area contributed by atoms with Gasteiger partial charge in [-0.3, -0.25) is 9.59 Å². The number of carbonyl (C=O) groups is 2. The van der Waals surface area contributed by atoms with Gasteiger partial charge in [0.1, 0.15) is 11.5 Å². The van der Waals surface area contributed by atoms with Crippen molar-refractivity contribution in [3.05, 3.63) is 70.8 Å². The Morgan fingerprint density at radius 3 is 2.52 bits per heavy atom. The van der Waals surface area contributed by atoms with Gasteiger partial charge in [-0.1, -0.05) is 55.8 Å². The fourth-order valence-corrected chi connectivity index (χ4v) is 4.01. The van der Waals surface area contributed by atoms with Crippen LogP contribution in [0.25, 0.3) is 5.76 Å². The topological polar surface area (TPSA) is 70.1 Å². The summed E-state index contributed by atoms with van der Waals surface area (Å²) in [5.41, 5.74) is 2.42. The zero-order chi connectivity index (χ0) is 24.1. The van der Waals surface area contributed by atoms with Gasteiger partial charge < -0.3 is 19.6 Å². The molecule has 0 aliphatic carbocycles. The molecule has 1 saturated heterocycles. The number of amides is 1. The Morgan fingerprint density at radius 2 is 1.85 bits per heavy atom. The molecule has 0 saturated carbocycles. The molecule has 1 aliphatic rings. The Kier molecular flexibility index (Phi) is 7.92. The first-order valence-corrected chi connectivity index (χ1v) is 11.4. The first-order valence-electron chi connectivity index (χ1n) is 11.4. The smallest absolute Gasteiger partial charge is 0.295 e. The molecule has 0 bridgehead atoms. The SMILES string of the molecule is Cc1cccc(C2/C(=C(/O)c3cccc(OCC(C)C)c3)C(=O)C(=O)N2CCCN(C)C)c1. The molecule has 1 aliphatic heterocycles. The van der Waals surface area contributed by atoms with Gasteiger partial charge in [0.05, 0.1) is 18.2 Å². The lowest BCUT2D eigenvalue weighted by atomic mass is 9.94. The number of nitrogens with zero attached hydrogens (tertiary/aromatic N) is 2. The molecular formula is C27H34N2O4. The molecule has 1 unspecified atom stereocenters. The lowest BCUT2D eigenvalue weighted by Crippen LogP contribution is -2.32. The maximum Gasteiger partial charge on any atom is 0.295 e. The van der Waals surface area contributed by atoms with E-state index >= 15 is 0 Å². The minimum absolute atomic E-state index is 0.122. The third-order valence-electron chi connectivity index (χ3n) is 5.59. The Hall–Kier alpha value is -3.12. The summed E-state index contributed by atoms with van der Waals surface area (Å²) in [6.07, 6.45) is 0.723. The van der Waals surface area contributed by atoms with Crippen molar-refractivity contribution < 1.29 is 19.4 Å². The fourth-order valence-electron chi connectivity index (χ4n) is 4.01. The molecule has 1 N–H and O–H groups in total. The molecule has 1 heterocycles. The Labute approximate surface area is 196 Å². The van der Waals surface area contributed by atoms with Crippen molar-refractivity contribution in [2.45, 2.75) is 33.2 Å². The van der Waals surface area contributed by atoms with Gasteiger partial charge in [0.15, 0.2) is 0 Å². The number of aliphatic hydroxyl groups excluding tert-OH is 1. The molecule has 1 atom stereocenters. The van der Waals surface area contributed by atoms with E-state index in [2.05, 4.69) is 13.8 Å². The molecule has 2 aromatic carbocycles. The summed E-state index contributed by atoms with van der Waals surface area (Å²) in [4.78, 5) is 29.8. The monoisotopic (exact) mass is 450 g/mol. The predicted octanol–water partition coefficient (Wildman–Crippen LogP) is 4.40. The highest BCUT2D eigenvalue weighted by molar-refractivity contribution is 6.46. The van der Waals surface area contributed by atoms with Crippen LogP contribution in [0.15, 0.2) is 54.1 Å². The van der Waals surface area contributed by atoms with E-state index in [-0.39, 0.29) is 11.3 Å². The number of ether oxygens (including phenoxy) is 1. The summed E-state index contributed by atoms with van der Waals surface area (Å²) in [5.74, 6) is -0.438. The van der Waals surface area contributed by atoms with Crippen LogP contribution in [0.4, 0.5) is 0 Å². The van der Waals surface area contributed by atoms with Gasteiger partial charge in [0.25, 0.3) is 11.7 Å². The van der Waals surface area contributed by atoms with E-state index < -0.39 is 17.7 Å². The Bertz CT molecular complexity index is 1040. The maximum atomic E-state index is 13.1. The van der Waals surface area contributed by atoms with Crippen LogP contribution in [0, 0.1) is 12.8 Å². The van der Waals surface area contributed by atoms with Crippen molar-refractivity contribution in [1.82, 2.24) is 9.80 Å². The minimum Gasteiger partial charge on any atom is -0.507 e. The van der Waals surface area contributed by atoms with Crippen LogP contribution in [0.3, 0.4) is 0 Å². The second-order valence-electron chi connectivity index (χ2n) is 9.30. The zero-order valence-corrected chi connectivity index (χ0v) is 20.2. The van der Waals surface area contributed by atoms with Crippen molar-refractivity contribution in [2.24, 2.45) is 5.92 Å². The van der Waals surface area contributed by atoms with E-state index in [1.165, 1.54) is 0 Å². The molecular weight excluding hydrogens is 416 g/mol. The van der Waals surface area contributed by atoms with Gasteiger partial charge in [-0.2, -0.15) is 0 Å². The van der Waals surface area contributed by atoms with Gasteiger partial charge in [-0.05, 0) is 57.6 Å². The van der Waals surface area contributed by atoms with Crippen LogP contribution in [0.5, 0.6) is 5.75 Å². The fraction of sp³-hybridized carbons (Fsp3) is 0.407. The second kappa shape index (κ2) is 10.7. The third kappa shape index (κ3) is 5.82. The van der Waals surface area contributed by atoms with E-state index in [0.29, 0.717) is 30.4 Å². The number of likely N-dealkylation sites (tertiary alicyclic amines) is 1. The number of aliphatic hydroxyl groups is 1. The van der Waals surface area contributed by atoms with Crippen LogP contribution in [0.2, 0.25) is 0 Å². The summed E-state index contributed by atoms with van der Waals surface area (Å²) in [7, 11) is 3.95. The van der Waals surface area contributed by atoms with Crippen molar-refractivity contribution >= 4 is 17.4 Å². The zero-order valence-electron chi connectivity index (χ0n) is 20.2. The molecule has 176 valence electrons. The molecule has 3 rings (SSSR count). The quantitative estimate of drug-likeness (QED) is 0.348. The van der Waals surface area contributed by atoms with E-state index in [1.54, 1.807) is 23.1 Å². The molecule has 33 heavy (non-hydrogen) atoms. The highest BCUT2D eigenvalue weighted by Gasteiger charge is 2.45. The summed E-state index contributed by atoms with van der Waals surface area (Å²) in [6, 6.07) is 14.1. The van der Waals surface area contributed by atoms with E-state index in [1.807, 2.05) is 56.3 Å². The van der Waals surface area contributed by atoms with Gasteiger partial charge in [0.2, 0.25) is 0 Å². The highest BCUT2D eigenvalue weighted by Crippen LogP contribution is 2.40. The number of hydrogen-bond acceptors (Lipinski definition) is 5. The summed E-state index contributed by atoms with van der Waals surface area (Å²) >= 11 is 0. The molecule has 0 spiro atoms. The van der Waals surface area contributed by atoms with Crippen LogP contribution in [-0.4, -0.2) is 60.4 Å². The normalized spacial score (nSPS) is 17.9. The average molecular weight is 451 g/mol. The lowest BCUT2D eigenvalue weighted by Gasteiger charge is -2.26. The van der Waals surface area contributed by atoms with Gasteiger partial charge >= 0.3 is 0 Å². The molecule has 0 radical (unpaired) electrons. The van der Waals surface area contributed by atoms with Crippen molar-refractivity contribution in [1.29, 1.82) is 0 Å². The van der Waals surface area contributed by atoms with Gasteiger partial charge in [-0.15, -0.1) is 0 Å². The Morgan fingerprint density at radius 1 is 1.12 bits per heavy atom. The summed E-state index contributed by atoms with van der Waals surface area (Å²) in [5, 5.41) is 11.3. The number of carbonyl (C=O) groups excluding carboxylic acids is 2. The maximum absolute atomic E-state index is 13.1. The van der Waals surface area contributed by atoms with Crippen LogP contribution < -0.4 is 4.74 Å². The number of aryl methyl sites for hydroxylation is 1. The number of benzene rings is 2. The number of rotatable bonds is 9. The van der Waals surface area contributed by atoms with E-state index in [9.17, 15) is 14.7 Å². The molecule has 0 aromatic heterocycles. The first kappa shape index (κ1) is 24.5. The number of hydrogen-bond donors (Lipinski definition) is 1. The largest absolute Gasteiger partial charge is 0.507 e. The van der Waals surface area contributed by atoms with Crippen LogP contribution >= 0.6 is 0 Å². The standard InChI is InChI=1S/C27H34N2O4/c1-18(2)17-33-22-12-7-11-21(16-22)25(30)23-24(20-10-6-9-19(3)15-20)29(27(32)26(23)31)14-8-13-28(4)5/h6-7,9-12,15-16,18,24,30H,8,13-14,17H2,1-5H3/b25-23-. The molecule has 6 nitrogen and oxygen atoms in total. The van der Waals surface area contributed by atoms with Crippen molar-refractivity contribution in [3.8, 4) is 5.75 Å². The molecule has 1 amide bonds. The highest BCUT2D eigenvalue weighted by atomic mass is 16.5.